The Bertz CT molecular complexity index is 1250. The molecule has 8 nitrogen and oxygen atoms in total. The molecule has 3 aliphatic rings. The highest BCUT2D eigenvalue weighted by Gasteiger charge is 2.35. The Morgan fingerprint density at radius 2 is 1.71 bits per heavy atom. The van der Waals surface area contributed by atoms with Gasteiger partial charge in [-0.05, 0) is 47.4 Å². The van der Waals surface area contributed by atoms with Crippen LogP contribution in [0.25, 0.3) is 0 Å². The van der Waals surface area contributed by atoms with Crippen LogP contribution in [0.2, 0.25) is 0 Å². The predicted octanol–water partition coefficient (Wildman–Crippen LogP) is 3.08. The van der Waals surface area contributed by atoms with Crippen molar-refractivity contribution in [3.63, 3.8) is 0 Å². The Morgan fingerprint density at radius 3 is 2.50 bits per heavy atom. The van der Waals surface area contributed by atoms with E-state index in [1.54, 1.807) is 13.2 Å². The third-order valence-electron chi connectivity index (χ3n) is 6.87. The SMILES string of the molecule is COc1ccc2cc1OCC(=O)NCc1ccc(cc1)O[C@H]1CN(Cc3ccccc3)C[C@@H]1NC(=O)CC2. The van der Waals surface area contributed by atoms with Gasteiger partial charge in [-0.2, -0.15) is 0 Å². The molecule has 38 heavy (non-hydrogen) atoms. The van der Waals surface area contributed by atoms with Crippen molar-refractivity contribution in [1.29, 1.82) is 0 Å². The largest absolute Gasteiger partial charge is 0.493 e. The van der Waals surface area contributed by atoms with E-state index in [1.165, 1.54) is 5.56 Å². The van der Waals surface area contributed by atoms with Crippen LogP contribution in [0.5, 0.6) is 17.2 Å². The van der Waals surface area contributed by atoms with Crippen molar-refractivity contribution in [2.24, 2.45) is 0 Å². The number of carbonyl (C=O) groups is 2. The lowest BCUT2D eigenvalue weighted by molar-refractivity contribution is -0.123. The summed E-state index contributed by atoms with van der Waals surface area (Å²) >= 11 is 0. The maximum atomic E-state index is 13.0. The van der Waals surface area contributed by atoms with E-state index >= 15 is 0 Å². The van der Waals surface area contributed by atoms with E-state index in [1.807, 2.05) is 54.6 Å². The maximum Gasteiger partial charge on any atom is 0.258 e. The molecule has 2 amide bonds. The summed E-state index contributed by atoms with van der Waals surface area (Å²) in [4.78, 5) is 27.7. The van der Waals surface area contributed by atoms with Crippen LogP contribution in [0.15, 0.2) is 72.8 Å². The number of nitrogens with zero attached hydrogens (tertiary/aromatic N) is 1. The second kappa shape index (κ2) is 12.0. The molecule has 3 aliphatic heterocycles. The molecular formula is C30H33N3O5. The molecule has 4 bridgehead atoms. The summed E-state index contributed by atoms with van der Waals surface area (Å²) in [6.07, 6.45) is 0.672. The molecule has 3 heterocycles. The molecular weight excluding hydrogens is 482 g/mol. The fourth-order valence-corrected chi connectivity index (χ4v) is 4.86. The van der Waals surface area contributed by atoms with Crippen LogP contribution < -0.4 is 24.8 Å². The van der Waals surface area contributed by atoms with E-state index in [2.05, 4.69) is 27.7 Å². The third kappa shape index (κ3) is 6.63. The number of rotatable bonds is 3. The van der Waals surface area contributed by atoms with Crippen molar-refractivity contribution in [3.8, 4) is 17.2 Å². The van der Waals surface area contributed by atoms with Gasteiger partial charge in [-0.1, -0.05) is 48.5 Å². The van der Waals surface area contributed by atoms with Gasteiger partial charge in [0.2, 0.25) is 5.91 Å². The van der Waals surface area contributed by atoms with Crippen molar-refractivity contribution in [1.82, 2.24) is 15.5 Å². The number of carbonyl (C=O) groups excluding carboxylic acids is 2. The summed E-state index contributed by atoms with van der Waals surface area (Å²) in [6.45, 7) is 2.45. The maximum absolute atomic E-state index is 13.0. The molecule has 0 aliphatic carbocycles. The van der Waals surface area contributed by atoms with Gasteiger partial charge in [0.15, 0.2) is 18.1 Å². The van der Waals surface area contributed by atoms with Gasteiger partial charge in [0.1, 0.15) is 11.9 Å². The monoisotopic (exact) mass is 515 g/mol. The van der Waals surface area contributed by atoms with Gasteiger partial charge < -0.3 is 24.8 Å². The minimum atomic E-state index is -0.234. The molecule has 2 atom stereocenters. The fourth-order valence-electron chi connectivity index (χ4n) is 4.86. The molecule has 8 heteroatoms. The second-order valence-corrected chi connectivity index (χ2v) is 9.70. The topological polar surface area (TPSA) is 89.1 Å². The van der Waals surface area contributed by atoms with Gasteiger partial charge in [-0.3, -0.25) is 14.5 Å². The average molecular weight is 516 g/mol. The van der Waals surface area contributed by atoms with Crippen molar-refractivity contribution < 1.29 is 23.8 Å². The highest BCUT2D eigenvalue weighted by Crippen LogP contribution is 2.29. The number of likely N-dealkylation sites (tertiary alicyclic amines) is 1. The lowest BCUT2D eigenvalue weighted by atomic mass is 10.1. The van der Waals surface area contributed by atoms with E-state index < -0.39 is 0 Å². The third-order valence-corrected chi connectivity index (χ3v) is 6.87. The molecule has 3 aromatic rings. The van der Waals surface area contributed by atoms with Gasteiger partial charge in [-0.15, -0.1) is 0 Å². The molecule has 198 valence electrons. The standard InChI is InChI=1S/C30H33N3O5/c1-36-26-13-9-21-10-14-29(34)32-25-18-33(17-23-5-3-2-4-6-23)19-28(25)38-24-11-7-22(8-12-24)16-31-30(35)20-37-27(26)15-21/h2-9,11-13,15,25,28H,10,14,16-20H2,1H3,(H,31,35)(H,32,34)/t25-,28-/m0/s1. The zero-order chi connectivity index (χ0) is 26.3. The zero-order valence-electron chi connectivity index (χ0n) is 21.5. The summed E-state index contributed by atoms with van der Waals surface area (Å²) in [7, 11) is 1.56. The Kier molecular flexibility index (Phi) is 8.09. The number of benzene rings is 3. The zero-order valence-corrected chi connectivity index (χ0v) is 21.5. The number of fused-ring (bicyclic) bond motifs is 9. The summed E-state index contributed by atoms with van der Waals surface area (Å²) in [5, 5.41) is 6.10. The lowest BCUT2D eigenvalue weighted by Gasteiger charge is -2.21. The van der Waals surface area contributed by atoms with Crippen LogP contribution in [0, 0.1) is 0 Å². The number of nitrogens with one attached hydrogen (secondary N) is 2. The first-order chi connectivity index (χ1) is 18.6. The smallest absolute Gasteiger partial charge is 0.258 e. The van der Waals surface area contributed by atoms with Crippen molar-refractivity contribution in [2.75, 3.05) is 26.8 Å². The summed E-state index contributed by atoms with van der Waals surface area (Å²) in [5.74, 6) is 1.48. The number of amides is 2. The van der Waals surface area contributed by atoms with E-state index in [4.69, 9.17) is 14.2 Å². The van der Waals surface area contributed by atoms with Crippen molar-refractivity contribution in [3.05, 3.63) is 89.5 Å². The van der Waals surface area contributed by atoms with E-state index in [9.17, 15) is 9.59 Å². The highest BCUT2D eigenvalue weighted by atomic mass is 16.5. The molecule has 0 saturated carbocycles. The number of ether oxygens (including phenoxy) is 3. The Balaban J connectivity index is 1.35. The Hall–Kier alpha value is -4.04. The van der Waals surface area contributed by atoms with Crippen LogP contribution in [-0.4, -0.2) is 55.7 Å². The summed E-state index contributed by atoms with van der Waals surface area (Å²) < 4.78 is 17.5. The molecule has 3 aromatic carbocycles. The quantitative estimate of drug-likeness (QED) is 0.558. The van der Waals surface area contributed by atoms with E-state index in [0.717, 1.165) is 23.4 Å². The van der Waals surface area contributed by atoms with Crippen molar-refractivity contribution in [2.45, 2.75) is 38.1 Å². The van der Waals surface area contributed by atoms with Crippen LogP contribution in [-0.2, 0) is 29.1 Å². The number of hydrogen-bond acceptors (Lipinski definition) is 6. The molecule has 0 radical (unpaired) electrons. The minimum Gasteiger partial charge on any atom is -0.493 e. The average Bonchev–Trinajstić information content (AvgIpc) is 3.30. The second-order valence-electron chi connectivity index (χ2n) is 9.70. The lowest BCUT2D eigenvalue weighted by Crippen LogP contribution is -2.45. The van der Waals surface area contributed by atoms with Crippen LogP contribution >= 0.6 is 0 Å². The fraction of sp³-hybridized carbons (Fsp3) is 0.333. The number of hydrogen-bond donors (Lipinski definition) is 2. The normalized spacial score (nSPS) is 20.6. The van der Waals surface area contributed by atoms with Crippen LogP contribution in [0.1, 0.15) is 23.1 Å². The molecule has 1 fully saturated rings. The van der Waals surface area contributed by atoms with E-state index in [-0.39, 0.29) is 30.6 Å². The van der Waals surface area contributed by atoms with Gasteiger partial charge in [0.05, 0.1) is 13.2 Å². The first kappa shape index (κ1) is 25.6. The van der Waals surface area contributed by atoms with Crippen LogP contribution in [0.4, 0.5) is 0 Å². The molecule has 1 saturated heterocycles. The van der Waals surface area contributed by atoms with Crippen molar-refractivity contribution >= 4 is 11.8 Å². The molecule has 0 aromatic heterocycles. The molecule has 0 spiro atoms. The molecule has 6 rings (SSSR count). The Morgan fingerprint density at radius 1 is 0.921 bits per heavy atom. The van der Waals surface area contributed by atoms with Gasteiger partial charge in [0.25, 0.3) is 5.91 Å². The number of aryl methyl sites for hydroxylation is 1. The highest BCUT2D eigenvalue weighted by molar-refractivity contribution is 5.78. The van der Waals surface area contributed by atoms with Crippen LogP contribution in [0.3, 0.4) is 0 Å². The number of methoxy groups -OCH3 is 1. The minimum absolute atomic E-state index is 0.0314. The van der Waals surface area contributed by atoms with Gasteiger partial charge in [-0.25, -0.2) is 0 Å². The summed E-state index contributed by atoms with van der Waals surface area (Å²) in [6, 6.07) is 23.4. The summed E-state index contributed by atoms with van der Waals surface area (Å²) in [5.41, 5.74) is 3.10. The first-order valence-corrected chi connectivity index (χ1v) is 12.9. The first-order valence-electron chi connectivity index (χ1n) is 12.9. The molecule has 0 unspecified atom stereocenters. The molecule has 2 N–H and O–H groups in total. The van der Waals surface area contributed by atoms with E-state index in [0.29, 0.717) is 44.0 Å². The van der Waals surface area contributed by atoms with Gasteiger partial charge in [0, 0.05) is 32.6 Å². The van der Waals surface area contributed by atoms with Gasteiger partial charge >= 0.3 is 0 Å². The predicted molar refractivity (Wildman–Crippen MR) is 143 cm³/mol. The Labute approximate surface area is 222 Å².